The zero-order valence-electron chi connectivity index (χ0n) is 17.5. The predicted octanol–water partition coefficient (Wildman–Crippen LogP) is 3.60. The molecule has 0 radical (unpaired) electrons. The standard InChI is InChI=1S/C22H30N4O3/c1-22(2,3)29-21(28)25-12-7-6-10-19(25)20(27)24-13-11-16(14-24)26-15-23-17-8-4-5-9-18(17)26/h4-5,8-9,15-16,19H,6-7,10-14H2,1-3H3/t16-,19-/m0/s1. The number of likely N-dealkylation sites (tertiary alicyclic amines) is 2. The molecule has 2 atom stereocenters. The van der Waals surface area contributed by atoms with E-state index in [1.54, 1.807) is 4.90 Å². The van der Waals surface area contributed by atoms with E-state index in [-0.39, 0.29) is 18.0 Å². The fraction of sp³-hybridized carbons (Fsp3) is 0.591. The van der Waals surface area contributed by atoms with Crippen LogP contribution in [0, 0.1) is 0 Å². The van der Waals surface area contributed by atoms with Gasteiger partial charge in [-0.15, -0.1) is 0 Å². The fourth-order valence-electron chi connectivity index (χ4n) is 4.38. The van der Waals surface area contributed by atoms with Gasteiger partial charge in [-0.1, -0.05) is 12.1 Å². The third kappa shape index (κ3) is 4.09. The molecular formula is C22H30N4O3. The highest BCUT2D eigenvalue weighted by molar-refractivity contribution is 5.86. The van der Waals surface area contributed by atoms with Crippen LogP contribution in [0.2, 0.25) is 0 Å². The van der Waals surface area contributed by atoms with Crippen molar-refractivity contribution in [2.45, 2.75) is 64.1 Å². The Hall–Kier alpha value is -2.57. The average molecular weight is 399 g/mol. The summed E-state index contributed by atoms with van der Waals surface area (Å²) in [6, 6.07) is 7.86. The van der Waals surface area contributed by atoms with Gasteiger partial charge in [-0.2, -0.15) is 0 Å². The Morgan fingerprint density at radius 2 is 1.90 bits per heavy atom. The number of carbonyl (C=O) groups is 2. The Bertz CT molecular complexity index is 901. The number of piperidine rings is 1. The lowest BCUT2D eigenvalue weighted by molar-refractivity contribution is -0.137. The number of hydrogen-bond acceptors (Lipinski definition) is 4. The van der Waals surface area contributed by atoms with Crippen LogP contribution in [0.1, 0.15) is 52.5 Å². The number of rotatable bonds is 2. The van der Waals surface area contributed by atoms with Gasteiger partial charge in [0.2, 0.25) is 5.91 Å². The van der Waals surface area contributed by atoms with Crippen molar-refractivity contribution in [3.8, 4) is 0 Å². The smallest absolute Gasteiger partial charge is 0.410 e. The molecule has 7 nitrogen and oxygen atoms in total. The van der Waals surface area contributed by atoms with Gasteiger partial charge in [0.1, 0.15) is 11.6 Å². The predicted molar refractivity (Wildman–Crippen MR) is 111 cm³/mol. The first kappa shape index (κ1) is 19.7. The van der Waals surface area contributed by atoms with Crippen LogP contribution in [-0.2, 0) is 9.53 Å². The minimum absolute atomic E-state index is 0.0440. The van der Waals surface area contributed by atoms with Crippen LogP contribution in [-0.4, -0.2) is 62.6 Å². The van der Waals surface area contributed by atoms with Crippen molar-refractivity contribution in [3.63, 3.8) is 0 Å². The summed E-state index contributed by atoms with van der Waals surface area (Å²) in [6.07, 6.45) is 4.95. The number of aromatic nitrogens is 2. The van der Waals surface area contributed by atoms with Gasteiger partial charge >= 0.3 is 6.09 Å². The van der Waals surface area contributed by atoms with Gasteiger partial charge in [-0.3, -0.25) is 9.69 Å². The van der Waals surface area contributed by atoms with Crippen molar-refractivity contribution < 1.29 is 14.3 Å². The first-order valence-electron chi connectivity index (χ1n) is 10.5. The number of benzene rings is 1. The fourth-order valence-corrected chi connectivity index (χ4v) is 4.38. The van der Waals surface area contributed by atoms with E-state index in [4.69, 9.17) is 4.74 Å². The molecule has 0 saturated carbocycles. The van der Waals surface area contributed by atoms with Crippen molar-refractivity contribution in [2.24, 2.45) is 0 Å². The maximum absolute atomic E-state index is 13.3. The van der Waals surface area contributed by atoms with Gasteiger partial charge < -0.3 is 14.2 Å². The molecule has 2 fully saturated rings. The zero-order chi connectivity index (χ0) is 20.6. The van der Waals surface area contributed by atoms with Crippen LogP contribution < -0.4 is 0 Å². The maximum Gasteiger partial charge on any atom is 0.410 e. The highest BCUT2D eigenvalue weighted by Crippen LogP contribution is 2.29. The quantitative estimate of drug-likeness (QED) is 0.775. The summed E-state index contributed by atoms with van der Waals surface area (Å²) in [6.45, 7) is 7.49. The van der Waals surface area contributed by atoms with Crippen molar-refractivity contribution in [1.82, 2.24) is 19.4 Å². The molecule has 0 bridgehead atoms. The first-order valence-corrected chi connectivity index (χ1v) is 10.5. The third-order valence-corrected chi connectivity index (χ3v) is 5.77. The van der Waals surface area contributed by atoms with E-state index >= 15 is 0 Å². The zero-order valence-corrected chi connectivity index (χ0v) is 17.5. The normalized spacial score (nSPS) is 22.9. The van der Waals surface area contributed by atoms with Crippen LogP contribution in [0.4, 0.5) is 4.79 Å². The first-order chi connectivity index (χ1) is 13.8. The molecule has 2 saturated heterocycles. The van der Waals surface area contributed by atoms with Crippen LogP contribution in [0.5, 0.6) is 0 Å². The largest absolute Gasteiger partial charge is 0.444 e. The Labute approximate surface area is 171 Å². The number of hydrogen-bond donors (Lipinski definition) is 0. The lowest BCUT2D eigenvalue weighted by Gasteiger charge is -2.37. The van der Waals surface area contributed by atoms with Crippen LogP contribution in [0.3, 0.4) is 0 Å². The number of para-hydroxylation sites is 2. The van der Waals surface area contributed by atoms with E-state index in [0.717, 1.165) is 30.3 Å². The number of nitrogens with zero attached hydrogens (tertiary/aromatic N) is 4. The molecule has 3 heterocycles. The van der Waals surface area contributed by atoms with E-state index in [0.29, 0.717) is 26.1 Å². The van der Waals surface area contributed by atoms with Crippen LogP contribution >= 0.6 is 0 Å². The SMILES string of the molecule is CC(C)(C)OC(=O)N1CCCC[C@H]1C(=O)N1CC[C@H](n2cnc3ccccc32)C1. The van der Waals surface area contributed by atoms with E-state index < -0.39 is 11.6 Å². The molecule has 1 aromatic heterocycles. The molecule has 0 aliphatic carbocycles. The van der Waals surface area contributed by atoms with Crippen molar-refractivity contribution >= 4 is 23.0 Å². The number of ether oxygens (including phenoxy) is 1. The van der Waals surface area contributed by atoms with E-state index in [9.17, 15) is 9.59 Å². The number of imidazole rings is 1. The number of amides is 2. The second kappa shape index (κ2) is 7.69. The van der Waals surface area contributed by atoms with Gasteiger partial charge in [0.05, 0.1) is 23.4 Å². The molecule has 0 unspecified atom stereocenters. The summed E-state index contributed by atoms with van der Waals surface area (Å²) < 4.78 is 7.73. The third-order valence-electron chi connectivity index (χ3n) is 5.77. The molecule has 2 aliphatic rings. The summed E-state index contributed by atoms with van der Waals surface area (Å²) in [4.78, 5) is 34.0. The molecule has 4 rings (SSSR count). The van der Waals surface area contributed by atoms with E-state index in [1.807, 2.05) is 50.2 Å². The molecule has 29 heavy (non-hydrogen) atoms. The Balaban J connectivity index is 1.46. The molecule has 156 valence electrons. The molecule has 0 spiro atoms. The van der Waals surface area contributed by atoms with Gasteiger partial charge in [-0.25, -0.2) is 9.78 Å². The van der Waals surface area contributed by atoms with Crippen LogP contribution in [0.15, 0.2) is 30.6 Å². The second-order valence-corrected chi connectivity index (χ2v) is 9.05. The Morgan fingerprint density at radius 3 is 2.69 bits per heavy atom. The maximum atomic E-state index is 13.3. The minimum atomic E-state index is -0.566. The highest BCUT2D eigenvalue weighted by atomic mass is 16.6. The number of carbonyl (C=O) groups excluding carboxylic acids is 2. The van der Waals surface area contributed by atoms with E-state index in [2.05, 4.69) is 15.6 Å². The average Bonchev–Trinajstić information content (AvgIpc) is 3.33. The summed E-state index contributed by atoms with van der Waals surface area (Å²) in [5.74, 6) is 0.0440. The lowest BCUT2D eigenvalue weighted by Crippen LogP contribution is -2.53. The lowest BCUT2D eigenvalue weighted by atomic mass is 10.0. The van der Waals surface area contributed by atoms with Gasteiger partial charge in [0.15, 0.2) is 0 Å². The molecule has 2 aliphatic heterocycles. The topological polar surface area (TPSA) is 67.7 Å². The molecule has 1 aromatic carbocycles. The number of fused-ring (bicyclic) bond motifs is 1. The second-order valence-electron chi connectivity index (χ2n) is 9.05. The monoisotopic (exact) mass is 398 g/mol. The van der Waals surface area contributed by atoms with E-state index in [1.165, 1.54) is 0 Å². The van der Waals surface area contributed by atoms with Crippen LogP contribution in [0.25, 0.3) is 11.0 Å². The van der Waals surface area contributed by atoms with Crippen molar-refractivity contribution in [1.29, 1.82) is 0 Å². The van der Waals surface area contributed by atoms with Crippen molar-refractivity contribution in [2.75, 3.05) is 19.6 Å². The Morgan fingerprint density at radius 1 is 1.10 bits per heavy atom. The highest BCUT2D eigenvalue weighted by Gasteiger charge is 2.39. The van der Waals surface area contributed by atoms with Gasteiger partial charge in [-0.05, 0) is 58.6 Å². The molecule has 0 N–H and O–H groups in total. The minimum Gasteiger partial charge on any atom is -0.444 e. The van der Waals surface area contributed by atoms with Gasteiger partial charge in [0.25, 0.3) is 0 Å². The molecule has 2 aromatic rings. The molecule has 2 amide bonds. The molecule has 7 heteroatoms. The summed E-state index contributed by atoms with van der Waals surface area (Å²) >= 11 is 0. The summed E-state index contributed by atoms with van der Waals surface area (Å²) in [5, 5.41) is 0. The summed E-state index contributed by atoms with van der Waals surface area (Å²) in [7, 11) is 0. The Kier molecular flexibility index (Phi) is 5.23. The molecular weight excluding hydrogens is 368 g/mol. The van der Waals surface area contributed by atoms with Crippen molar-refractivity contribution in [3.05, 3.63) is 30.6 Å². The van der Waals surface area contributed by atoms with Gasteiger partial charge in [0, 0.05) is 19.6 Å². The summed E-state index contributed by atoms with van der Waals surface area (Å²) in [5.41, 5.74) is 1.50.